The maximum absolute atomic E-state index is 13.9. The molecule has 14 heteroatoms. The third-order valence-electron chi connectivity index (χ3n) is 7.28. The molecule has 220 valence electrons. The fourth-order valence-corrected chi connectivity index (χ4v) is 6.08. The van der Waals surface area contributed by atoms with E-state index in [2.05, 4.69) is 10.3 Å². The number of halogens is 2. The lowest BCUT2D eigenvalue weighted by Gasteiger charge is -2.34. The SMILES string of the molecule is COC(=O)C1=C(CN2C=C3CN(c4ccc(C(=O)O)cc4)C(=O)N3CC2)NC(c2nccs2)=NC1c1ccc(F)cc1Cl. The minimum atomic E-state index is -1.04. The second-order valence-corrected chi connectivity index (χ2v) is 11.2. The van der Waals surface area contributed by atoms with E-state index in [-0.39, 0.29) is 35.3 Å². The number of fused-ring (bicyclic) bond motifs is 1. The van der Waals surface area contributed by atoms with E-state index in [1.165, 1.54) is 48.8 Å². The second-order valence-electron chi connectivity index (χ2n) is 9.86. The molecule has 1 unspecified atom stereocenters. The molecular formula is C29H24ClFN6O5S. The lowest BCUT2D eigenvalue weighted by Crippen LogP contribution is -2.43. The first-order chi connectivity index (χ1) is 20.7. The predicted octanol–water partition coefficient (Wildman–Crippen LogP) is 4.25. The highest BCUT2D eigenvalue weighted by molar-refractivity contribution is 7.11. The average molecular weight is 623 g/mol. The molecule has 2 aromatic carbocycles. The van der Waals surface area contributed by atoms with E-state index in [4.69, 9.17) is 21.3 Å². The molecule has 3 aliphatic rings. The van der Waals surface area contributed by atoms with Gasteiger partial charge in [0.25, 0.3) is 0 Å². The summed E-state index contributed by atoms with van der Waals surface area (Å²) in [6, 6.07) is 8.99. The van der Waals surface area contributed by atoms with Crippen molar-refractivity contribution in [1.82, 2.24) is 20.1 Å². The standard InChI is InChI=1S/C29H24ClFN6O5S/c1-42-28(40)23-22(33-25(26-32-8-11-43-26)34-24(23)20-7-4-17(31)12-21(20)30)15-35-9-10-36-19(13-35)14-37(29(36)41)18-5-2-16(3-6-18)27(38)39/h2-8,11-13,24H,9-10,14-15H2,1H3,(H,33,34)(H,38,39). The molecule has 1 aromatic heterocycles. The summed E-state index contributed by atoms with van der Waals surface area (Å²) in [5, 5.41) is 15.0. The Morgan fingerprint density at radius 1 is 1.19 bits per heavy atom. The number of carbonyl (C=O) groups is 3. The molecule has 4 heterocycles. The van der Waals surface area contributed by atoms with Gasteiger partial charge in [0.15, 0.2) is 10.8 Å². The molecule has 1 atom stereocenters. The van der Waals surface area contributed by atoms with Crippen LogP contribution in [0.3, 0.4) is 0 Å². The van der Waals surface area contributed by atoms with E-state index in [1.807, 2.05) is 11.1 Å². The van der Waals surface area contributed by atoms with Gasteiger partial charge in [-0.05, 0) is 36.4 Å². The molecular weight excluding hydrogens is 599 g/mol. The quantitative estimate of drug-likeness (QED) is 0.375. The summed E-state index contributed by atoms with van der Waals surface area (Å²) < 4.78 is 19.1. The molecule has 2 N–H and O–H groups in total. The highest BCUT2D eigenvalue weighted by Crippen LogP contribution is 2.37. The Morgan fingerprint density at radius 3 is 2.65 bits per heavy atom. The van der Waals surface area contributed by atoms with Gasteiger partial charge in [-0.1, -0.05) is 17.7 Å². The molecule has 0 spiro atoms. The van der Waals surface area contributed by atoms with Crippen LogP contribution in [-0.4, -0.2) is 77.0 Å². The summed E-state index contributed by atoms with van der Waals surface area (Å²) in [6.07, 6.45) is 3.51. The average Bonchev–Trinajstić information content (AvgIpc) is 3.65. The molecule has 1 saturated heterocycles. The zero-order valence-corrected chi connectivity index (χ0v) is 24.2. The Bertz CT molecular complexity index is 1710. The number of benzene rings is 2. The van der Waals surface area contributed by atoms with Gasteiger partial charge in [-0.3, -0.25) is 14.8 Å². The van der Waals surface area contributed by atoms with Gasteiger partial charge >= 0.3 is 18.0 Å². The Hall–Kier alpha value is -4.75. The highest BCUT2D eigenvalue weighted by Gasteiger charge is 2.38. The van der Waals surface area contributed by atoms with Gasteiger partial charge in [0.1, 0.15) is 11.9 Å². The molecule has 0 aliphatic carbocycles. The third kappa shape index (κ3) is 5.44. The third-order valence-corrected chi connectivity index (χ3v) is 8.39. The van der Waals surface area contributed by atoms with Crippen LogP contribution < -0.4 is 10.2 Å². The zero-order chi connectivity index (χ0) is 30.2. The van der Waals surface area contributed by atoms with Crippen LogP contribution in [0.2, 0.25) is 5.02 Å². The summed E-state index contributed by atoms with van der Waals surface area (Å²) >= 11 is 7.81. The van der Waals surface area contributed by atoms with Gasteiger partial charge in [0.05, 0.1) is 37.0 Å². The topological polar surface area (TPSA) is 128 Å². The number of hydrogen-bond donors (Lipinski definition) is 2. The van der Waals surface area contributed by atoms with E-state index < -0.39 is 23.8 Å². The number of methoxy groups -OCH3 is 1. The number of carboxylic acid groups (broad SMARTS) is 1. The van der Waals surface area contributed by atoms with Crippen LogP contribution in [0.15, 0.2) is 82.2 Å². The number of hydrogen-bond acceptors (Lipinski definition) is 9. The van der Waals surface area contributed by atoms with Gasteiger partial charge in [-0.25, -0.2) is 23.8 Å². The molecule has 11 nitrogen and oxygen atoms in total. The number of urea groups is 1. The Balaban J connectivity index is 1.33. The van der Waals surface area contributed by atoms with E-state index in [0.717, 1.165) is 5.70 Å². The lowest BCUT2D eigenvalue weighted by molar-refractivity contribution is -0.136. The number of aromatic carboxylic acids is 1. The van der Waals surface area contributed by atoms with Crippen LogP contribution in [0.1, 0.15) is 27.0 Å². The van der Waals surface area contributed by atoms with Gasteiger partial charge in [-0.15, -0.1) is 11.3 Å². The van der Waals surface area contributed by atoms with Gasteiger partial charge in [-0.2, -0.15) is 0 Å². The van der Waals surface area contributed by atoms with Crippen LogP contribution in [0.25, 0.3) is 0 Å². The largest absolute Gasteiger partial charge is 0.478 e. The second kappa shape index (κ2) is 11.5. The van der Waals surface area contributed by atoms with E-state index >= 15 is 0 Å². The van der Waals surface area contributed by atoms with Crippen LogP contribution in [-0.2, 0) is 9.53 Å². The smallest absolute Gasteiger partial charge is 0.338 e. The fourth-order valence-electron chi connectivity index (χ4n) is 5.22. The Labute approximate surface area is 254 Å². The molecule has 0 bridgehead atoms. The number of thiazole rings is 1. The molecule has 0 radical (unpaired) electrons. The maximum Gasteiger partial charge on any atom is 0.338 e. The number of ether oxygens (including phenoxy) is 1. The fraction of sp³-hybridized carbons (Fsp3) is 0.207. The Kier molecular flexibility index (Phi) is 7.59. The van der Waals surface area contributed by atoms with Gasteiger partial charge in [0, 0.05) is 52.8 Å². The monoisotopic (exact) mass is 622 g/mol. The van der Waals surface area contributed by atoms with Crippen LogP contribution in [0.4, 0.5) is 14.9 Å². The first-order valence-electron chi connectivity index (χ1n) is 13.1. The number of aliphatic imine (C=N–C) groups is 1. The van der Waals surface area contributed by atoms with Crippen molar-refractivity contribution in [2.75, 3.05) is 38.2 Å². The van der Waals surface area contributed by atoms with E-state index in [9.17, 15) is 23.9 Å². The lowest BCUT2D eigenvalue weighted by atomic mass is 9.95. The summed E-state index contributed by atoms with van der Waals surface area (Å²) in [5.74, 6) is -1.74. The van der Waals surface area contributed by atoms with E-state index in [1.54, 1.807) is 33.5 Å². The number of nitrogens with zero attached hydrogens (tertiary/aromatic N) is 5. The maximum atomic E-state index is 13.9. The van der Waals surface area contributed by atoms with Crippen molar-refractivity contribution >= 4 is 52.4 Å². The molecule has 6 rings (SSSR count). The van der Waals surface area contributed by atoms with Gasteiger partial charge < -0.3 is 20.1 Å². The first kappa shape index (κ1) is 28.4. The number of amidine groups is 1. The molecule has 0 saturated carbocycles. The molecule has 2 amide bonds. The number of anilines is 1. The van der Waals surface area contributed by atoms with Gasteiger partial charge in [0.2, 0.25) is 0 Å². The summed E-state index contributed by atoms with van der Waals surface area (Å²) in [6.45, 7) is 1.39. The predicted molar refractivity (Wildman–Crippen MR) is 157 cm³/mol. The number of aromatic nitrogens is 1. The van der Waals surface area contributed by atoms with Crippen molar-refractivity contribution in [3.63, 3.8) is 0 Å². The van der Waals surface area contributed by atoms with Crippen molar-refractivity contribution in [2.24, 2.45) is 4.99 Å². The van der Waals surface area contributed by atoms with Crippen LogP contribution in [0, 0.1) is 5.82 Å². The van der Waals surface area contributed by atoms with Crippen molar-refractivity contribution in [2.45, 2.75) is 6.04 Å². The number of carboxylic acids is 1. The van der Waals surface area contributed by atoms with Crippen molar-refractivity contribution < 1.29 is 28.6 Å². The molecule has 3 aliphatic heterocycles. The highest BCUT2D eigenvalue weighted by atomic mass is 35.5. The van der Waals surface area contributed by atoms with Crippen molar-refractivity contribution in [3.05, 3.63) is 104 Å². The van der Waals surface area contributed by atoms with Crippen molar-refractivity contribution in [1.29, 1.82) is 0 Å². The number of amides is 2. The minimum Gasteiger partial charge on any atom is -0.478 e. The summed E-state index contributed by atoms with van der Waals surface area (Å²) in [4.78, 5) is 52.0. The molecule has 43 heavy (non-hydrogen) atoms. The Morgan fingerprint density at radius 2 is 1.98 bits per heavy atom. The van der Waals surface area contributed by atoms with Crippen LogP contribution >= 0.6 is 22.9 Å². The number of carbonyl (C=O) groups excluding carboxylic acids is 2. The summed E-state index contributed by atoms with van der Waals surface area (Å²) in [5.41, 5.74) is 2.64. The zero-order valence-electron chi connectivity index (χ0n) is 22.7. The van der Waals surface area contributed by atoms with Crippen LogP contribution in [0.5, 0.6) is 0 Å². The summed E-state index contributed by atoms with van der Waals surface area (Å²) in [7, 11) is 1.28. The normalized spacial score (nSPS) is 18.3. The number of rotatable bonds is 7. The minimum absolute atomic E-state index is 0.117. The first-order valence-corrected chi connectivity index (χ1v) is 14.4. The molecule has 1 fully saturated rings. The van der Waals surface area contributed by atoms with Crippen molar-refractivity contribution in [3.8, 4) is 0 Å². The number of esters is 1. The number of nitrogens with one attached hydrogen (secondary N) is 1. The van der Waals surface area contributed by atoms with E-state index in [0.29, 0.717) is 40.9 Å². The molecule has 3 aromatic rings.